The van der Waals surface area contributed by atoms with Crippen LogP contribution in [0.1, 0.15) is 28.8 Å². The van der Waals surface area contributed by atoms with Crippen LogP contribution in [0.3, 0.4) is 0 Å². The molecule has 3 heterocycles. The van der Waals surface area contributed by atoms with Crippen molar-refractivity contribution in [2.45, 2.75) is 25.1 Å². The molecule has 0 unspecified atom stereocenters. The number of thiophene rings is 1. The van der Waals surface area contributed by atoms with E-state index in [9.17, 15) is 18.0 Å². The molecule has 0 atom stereocenters. The van der Waals surface area contributed by atoms with Crippen LogP contribution in [0.5, 0.6) is 5.88 Å². The summed E-state index contributed by atoms with van der Waals surface area (Å²) < 4.78 is 45.9. The summed E-state index contributed by atoms with van der Waals surface area (Å²) in [7, 11) is 1.43. The fourth-order valence-corrected chi connectivity index (χ4v) is 4.50. The van der Waals surface area contributed by atoms with Gasteiger partial charge in [-0.05, 0) is 12.8 Å². The second-order valence-corrected chi connectivity index (χ2v) is 7.54. The fraction of sp³-hybridized carbons (Fsp3) is 0.500. The minimum Gasteiger partial charge on any atom is -0.474 e. The first kappa shape index (κ1) is 16.6. The van der Waals surface area contributed by atoms with Crippen LogP contribution >= 0.6 is 11.3 Å². The third-order valence-electron chi connectivity index (χ3n) is 4.89. The van der Waals surface area contributed by atoms with E-state index in [-0.39, 0.29) is 33.2 Å². The molecule has 25 heavy (non-hydrogen) atoms. The van der Waals surface area contributed by atoms with Gasteiger partial charge in [0.2, 0.25) is 5.88 Å². The number of fused-ring (bicyclic) bond motifs is 1. The predicted molar refractivity (Wildman–Crippen MR) is 87.0 cm³/mol. The number of pyridine rings is 1. The number of hydrogen-bond donors (Lipinski definition) is 2. The topological polar surface area (TPSA) is 63.2 Å². The summed E-state index contributed by atoms with van der Waals surface area (Å²) in [5.41, 5.74) is -0.399. The number of amides is 1. The standard InChI is InChI=1S/C16H16F3N3O2S/c1-20-14(23)9-5-25-13-10(16(17,18)19)2-11(22-12(9)13)24-8-3-15(4-8)6-21-7-15/h2,5,8,21H,3-4,6-7H2,1H3,(H,20,23). The summed E-state index contributed by atoms with van der Waals surface area (Å²) in [6, 6.07) is 0.941. The third-order valence-corrected chi connectivity index (χ3v) is 5.89. The van der Waals surface area contributed by atoms with Gasteiger partial charge < -0.3 is 15.4 Å². The Morgan fingerprint density at radius 3 is 2.72 bits per heavy atom. The summed E-state index contributed by atoms with van der Waals surface area (Å²) in [5, 5.41) is 7.02. The quantitative estimate of drug-likeness (QED) is 0.871. The molecule has 2 aromatic heterocycles. The monoisotopic (exact) mass is 371 g/mol. The molecule has 1 saturated carbocycles. The molecular formula is C16H16F3N3O2S. The smallest absolute Gasteiger partial charge is 0.418 e. The van der Waals surface area contributed by atoms with E-state index in [0.717, 1.165) is 43.3 Å². The van der Waals surface area contributed by atoms with Crippen LogP contribution in [-0.4, -0.2) is 37.1 Å². The minimum atomic E-state index is -4.54. The lowest BCUT2D eigenvalue weighted by Gasteiger charge is -2.53. The van der Waals surface area contributed by atoms with Crippen LogP contribution < -0.4 is 15.4 Å². The zero-order chi connectivity index (χ0) is 17.8. The molecule has 2 fully saturated rings. The zero-order valence-corrected chi connectivity index (χ0v) is 14.2. The summed E-state index contributed by atoms with van der Waals surface area (Å²) in [6.45, 7) is 1.86. The van der Waals surface area contributed by atoms with Gasteiger partial charge in [-0.2, -0.15) is 13.2 Å². The average molecular weight is 371 g/mol. The maximum absolute atomic E-state index is 13.4. The van der Waals surface area contributed by atoms with E-state index < -0.39 is 17.6 Å². The number of aromatic nitrogens is 1. The number of carbonyl (C=O) groups is 1. The molecule has 0 bridgehead atoms. The van der Waals surface area contributed by atoms with Gasteiger partial charge >= 0.3 is 6.18 Å². The number of nitrogens with one attached hydrogen (secondary N) is 2. The Kier molecular flexibility index (Phi) is 3.69. The molecule has 1 amide bonds. The van der Waals surface area contributed by atoms with Gasteiger partial charge in [0, 0.05) is 37.0 Å². The summed E-state index contributed by atoms with van der Waals surface area (Å²) in [5.74, 6) is -0.539. The lowest BCUT2D eigenvalue weighted by atomic mass is 9.63. The SMILES string of the molecule is CNC(=O)c1csc2c(C(F)(F)F)cc(OC3CC4(CNC4)C3)nc12. The molecule has 134 valence electrons. The van der Waals surface area contributed by atoms with Crippen molar-refractivity contribution in [3.05, 3.63) is 22.6 Å². The highest BCUT2D eigenvalue weighted by Crippen LogP contribution is 2.46. The third kappa shape index (κ3) is 2.75. The maximum Gasteiger partial charge on any atom is 0.418 e. The van der Waals surface area contributed by atoms with Crippen molar-refractivity contribution >= 4 is 27.5 Å². The van der Waals surface area contributed by atoms with E-state index in [1.807, 2.05) is 0 Å². The predicted octanol–water partition coefficient (Wildman–Crippen LogP) is 2.81. The lowest BCUT2D eigenvalue weighted by molar-refractivity contribution is -0.136. The van der Waals surface area contributed by atoms with E-state index in [4.69, 9.17) is 4.74 Å². The Morgan fingerprint density at radius 1 is 1.44 bits per heavy atom. The zero-order valence-electron chi connectivity index (χ0n) is 13.4. The average Bonchev–Trinajstić information content (AvgIpc) is 2.89. The molecule has 9 heteroatoms. The largest absolute Gasteiger partial charge is 0.474 e. The van der Waals surface area contributed by atoms with Gasteiger partial charge in [0.05, 0.1) is 21.3 Å². The van der Waals surface area contributed by atoms with Crippen LogP contribution in [0.25, 0.3) is 10.2 Å². The van der Waals surface area contributed by atoms with Gasteiger partial charge in [0.15, 0.2) is 0 Å². The number of hydrogen-bond acceptors (Lipinski definition) is 5. The van der Waals surface area contributed by atoms with Crippen LogP contribution in [0, 0.1) is 5.41 Å². The van der Waals surface area contributed by atoms with E-state index >= 15 is 0 Å². The lowest BCUT2D eigenvalue weighted by Crippen LogP contribution is -2.62. The Hall–Kier alpha value is -1.87. The molecule has 1 aliphatic carbocycles. The molecule has 1 saturated heterocycles. The Labute approximate surface area is 145 Å². The van der Waals surface area contributed by atoms with E-state index in [1.165, 1.54) is 12.4 Å². The summed E-state index contributed by atoms with van der Waals surface area (Å²) in [6.07, 6.45) is -3.04. The van der Waals surface area contributed by atoms with E-state index in [1.54, 1.807) is 0 Å². The van der Waals surface area contributed by atoms with Gasteiger partial charge in [0.25, 0.3) is 5.91 Å². The molecule has 0 aromatic carbocycles. The van der Waals surface area contributed by atoms with Crippen molar-refractivity contribution in [2.75, 3.05) is 20.1 Å². The number of halogens is 3. The van der Waals surface area contributed by atoms with Crippen molar-refractivity contribution in [3.63, 3.8) is 0 Å². The highest BCUT2D eigenvalue weighted by atomic mass is 32.1. The number of ether oxygens (including phenoxy) is 1. The van der Waals surface area contributed by atoms with Gasteiger partial charge in [-0.1, -0.05) is 0 Å². The van der Waals surface area contributed by atoms with Crippen LogP contribution in [0.4, 0.5) is 13.2 Å². The second kappa shape index (κ2) is 5.57. The second-order valence-electron chi connectivity index (χ2n) is 6.66. The number of nitrogens with zero attached hydrogens (tertiary/aromatic N) is 1. The minimum absolute atomic E-state index is 0.0357. The van der Waals surface area contributed by atoms with Gasteiger partial charge in [-0.25, -0.2) is 4.98 Å². The van der Waals surface area contributed by atoms with Gasteiger partial charge in [-0.3, -0.25) is 4.79 Å². The number of rotatable bonds is 3. The first-order chi connectivity index (χ1) is 11.8. The van der Waals surface area contributed by atoms with E-state index in [0.29, 0.717) is 0 Å². The molecule has 2 aliphatic rings. The normalized spacial score (nSPS) is 19.5. The Bertz CT molecular complexity index is 837. The van der Waals surface area contributed by atoms with Gasteiger partial charge in [0.1, 0.15) is 6.10 Å². The molecular weight excluding hydrogens is 355 g/mol. The Morgan fingerprint density at radius 2 is 2.16 bits per heavy atom. The number of carbonyl (C=O) groups excluding carboxylic acids is 1. The Balaban J connectivity index is 1.70. The van der Waals surface area contributed by atoms with Crippen LogP contribution in [0.2, 0.25) is 0 Å². The molecule has 4 rings (SSSR count). The first-order valence-corrected chi connectivity index (χ1v) is 8.78. The molecule has 2 N–H and O–H groups in total. The highest BCUT2D eigenvalue weighted by molar-refractivity contribution is 7.17. The first-order valence-electron chi connectivity index (χ1n) is 7.90. The fourth-order valence-electron chi connectivity index (χ4n) is 3.48. The molecule has 5 nitrogen and oxygen atoms in total. The molecule has 1 aliphatic heterocycles. The summed E-state index contributed by atoms with van der Waals surface area (Å²) in [4.78, 5) is 16.1. The van der Waals surface area contributed by atoms with Crippen molar-refractivity contribution in [1.82, 2.24) is 15.6 Å². The van der Waals surface area contributed by atoms with Crippen molar-refractivity contribution < 1.29 is 22.7 Å². The van der Waals surface area contributed by atoms with Crippen LogP contribution in [0.15, 0.2) is 11.4 Å². The van der Waals surface area contributed by atoms with Crippen molar-refractivity contribution in [1.29, 1.82) is 0 Å². The van der Waals surface area contributed by atoms with Crippen molar-refractivity contribution in [2.24, 2.45) is 5.41 Å². The maximum atomic E-state index is 13.4. The van der Waals surface area contributed by atoms with Gasteiger partial charge in [-0.15, -0.1) is 11.3 Å². The molecule has 1 spiro atoms. The molecule has 0 radical (unpaired) electrons. The van der Waals surface area contributed by atoms with E-state index in [2.05, 4.69) is 15.6 Å². The van der Waals surface area contributed by atoms with Crippen molar-refractivity contribution in [3.8, 4) is 5.88 Å². The summed E-state index contributed by atoms with van der Waals surface area (Å²) >= 11 is 0.864. The molecule has 2 aromatic rings. The highest BCUT2D eigenvalue weighted by Gasteiger charge is 2.50. The number of alkyl halides is 3. The van der Waals surface area contributed by atoms with Crippen LogP contribution in [-0.2, 0) is 6.18 Å².